The van der Waals surface area contributed by atoms with Gasteiger partial charge in [0.1, 0.15) is 0 Å². The van der Waals surface area contributed by atoms with Crippen molar-refractivity contribution in [2.75, 3.05) is 0 Å². The average molecular weight is 258 g/mol. The van der Waals surface area contributed by atoms with Gasteiger partial charge in [0.15, 0.2) is 0 Å². The quantitative estimate of drug-likeness (QED) is 0.618. The molecule has 0 fully saturated rings. The van der Waals surface area contributed by atoms with Gasteiger partial charge in [0.25, 0.3) is 0 Å². The van der Waals surface area contributed by atoms with E-state index in [1.807, 2.05) is 26.0 Å². The molecule has 0 aliphatic rings. The summed E-state index contributed by atoms with van der Waals surface area (Å²) < 4.78 is 2.20. The Morgan fingerprint density at radius 3 is 2.58 bits per heavy atom. The lowest BCUT2D eigenvalue weighted by atomic mass is 10.2. The molecule has 102 valence electrons. The Kier molecular flexibility index (Phi) is 5.86. The maximum atomic E-state index is 10.8. The number of aromatic nitrogens is 1. The van der Waals surface area contributed by atoms with Crippen LogP contribution in [0.2, 0.25) is 0 Å². The third-order valence-corrected chi connectivity index (χ3v) is 2.98. The zero-order chi connectivity index (χ0) is 14.3. The third-order valence-electron chi connectivity index (χ3n) is 2.98. The summed E-state index contributed by atoms with van der Waals surface area (Å²) in [4.78, 5) is 10.8. The van der Waals surface area contributed by atoms with Crippen LogP contribution in [0, 0.1) is 0 Å². The summed E-state index contributed by atoms with van der Waals surface area (Å²) in [6, 6.07) is 4.10. The first-order valence-electron chi connectivity index (χ1n) is 6.56. The molecule has 0 spiro atoms. The number of carbonyl (C=O) groups is 1. The maximum Gasteiger partial charge on any atom is 0.241 e. The highest BCUT2D eigenvalue weighted by atomic mass is 16.1. The zero-order valence-electron chi connectivity index (χ0n) is 11.9. The smallest absolute Gasteiger partial charge is 0.241 e. The van der Waals surface area contributed by atoms with Gasteiger partial charge in [0.2, 0.25) is 5.91 Å². The van der Waals surface area contributed by atoms with E-state index in [9.17, 15) is 4.79 Å². The maximum absolute atomic E-state index is 10.8. The molecule has 0 aromatic carbocycles. The Hall–Kier alpha value is -2.03. The number of nitrogens with two attached hydrogens (primary N) is 1. The minimum Gasteiger partial charge on any atom is -0.366 e. The molecule has 3 heteroatoms. The van der Waals surface area contributed by atoms with E-state index in [0.29, 0.717) is 0 Å². The van der Waals surface area contributed by atoms with Gasteiger partial charge in [-0.3, -0.25) is 4.79 Å². The van der Waals surface area contributed by atoms with Crippen LogP contribution < -0.4 is 5.73 Å². The molecular formula is C16H22N2O. The van der Waals surface area contributed by atoms with Gasteiger partial charge in [0, 0.05) is 24.0 Å². The van der Waals surface area contributed by atoms with Crippen LogP contribution in [-0.2, 0) is 17.8 Å². The predicted octanol–water partition coefficient (Wildman–Crippen LogP) is 3.07. The lowest BCUT2D eigenvalue weighted by Crippen LogP contribution is -2.08. The van der Waals surface area contributed by atoms with Crippen LogP contribution in [0.15, 0.2) is 42.0 Å². The second-order valence-corrected chi connectivity index (χ2v) is 4.29. The van der Waals surface area contributed by atoms with E-state index in [1.165, 1.54) is 17.3 Å². The van der Waals surface area contributed by atoms with E-state index in [4.69, 9.17) is 5.73 Å². The van der Waals surface area contributed by atoms with Crippen molar-refractivity contribution in [3.05, 3.63) is 53.4 Å². The molecule has 1 amide bonds. The molecule has 0 unspecified atom stereocenters. The van der Waals surface area contributed by atoms with E-state index in [1.54, 1.807) is 6.08 Å². The summed E-state index contributed by atoms with van der Waals surface area (Å²) >= 11 is 0. The fourth-order valence-corrected chi connectivity index (χ4v) is 1.98. The number of primary amides is 1. The average Bonchev–Trinajstić information content (AvgIpc) is 2.77. The number of hydrogen-bond donors (Lipinski definition) is 1. The van der Waals surface area contributed by atoms with Gasteiger partial charge in [-0.15, -0.1) is 0 Å². The van der Waals surface area contributed by atoms with Crippen molar-refractivity contribution in [2.45, 2.75) is 33.7 Å². The first kappa shape index (κ1) is 15.0. The first-order valence-corrected chi connectivity index (χ1v) is 6.56. The highest BCUT2D eigenvalue weighted by molar-refractivity contribution is 5.90. The summed E-state index contributed by atoms with van der Waals surface area (Å²) in [6.45, 7) is 6.96. The number of carbonyl (C=O) groups excluding carboxylic acids is 1. The summed E-state index contributed by atoms with van der Waals surface area (Å²) in [5.41, 5.74) is 8.63. The molecule has 3 nitrogen and oxygen atoms in total. The largest absolute Gasteiger partial charge is 0.366 e. The van der Waals surface area contributed by atoms with Gasteiger partial charge in [-0.1, -0.05) is 25.2 Å². The lowest BCUT2D eigenvalue weighted by molar-refractivity contribution is -0.113. The minimum atomic E-state index is -0.425. The van der Waals surface area contributed by atoms with Crippen molar-refractivity contribution in [3.8, 4) is 0 Å². The van der Waals surface area contributed by atoms with Crippen LogP contribution in [0.1, 0.15) is 32.2 Å². The molecule has 1 aromatic rings. The van der Waals surface area contributed by atoms with Gasteiger partial charge in [-0.25, -0.2) is 0 Å². The number of allylic oxidation sites excluding steroid dienone is 4. The van der Waals surface area contributed by atoms with Crippen molar-refractivity contribution >= 4 is 12.0 Å². The summed E-state index contributed by atoms with van der Waals surface area (Å²) in [5.74, 6) is -0.425. The van der Waals surface area contributed by atoms with Crippen LogP contribution >= 0.6 is 0 Å². The lowest BCUT2D eigenvalue weighted by Gasteiger charge is -2.11. The van der Waals surface area contributed by atoms with Crippen molar-refractivity contribution in [2.24, 2.45) is 5.73 Å². The Balaban J connectivity index is 3.09. The minimum absolute atomic E-state index is 0.425. The molecule has 1 heterocycles. The Labute approximate surface area is 115 Å². The molecule has 1 aromatic heterocycles. The highest BCUT2D eigenvalue weighted by Gasteiger charge is 2.05. The standard InChI is InChI=1S/C16H22N2O/c1-4-7-13(5-2)12-18-14(6-3)8-9-15(18)10-11-16(17)19/h4-5,7-11H,6,12H2,1-3H3,(H2,17,19)/b7-4-,11-10+,13-5+. The number of rotatable bonds is 6. The van der Waals surface area contributed by atoms with Crippen LogP contribution in [0.3, 0.4) is 0 Å². The van der Waals surface area contributed by atoms with Crippen LogP contribution in [-0.4, -0.2) is 10.5 Å². The molecule has 0 aliphatic heterocycles. The third kappa shape index (κ3) is 4.28. The Morgan fingerprint density at radius 2 is 2.05 bits per heavy atom. The SMILES string of the molecule is C/C=C\C(=C/C)Cn1c(/C=C/C(N)=O)ccc1CC. The van der Waals surface area contributed by atoms with Gasteiger partial charge in [0.05, 0.1) is 0 Å². The second kappa shape index (κ2) is 7.41. The van der Waals surface area contributed by atoms with E-state index >= 15 is 0 Å². The van der Waals surface area contributed by atoms with Crippen molar-refractivity contribution in [1.29, 1.82) is 0 Å². The van der Waals surface area contributed by atoms with Crippen molar-refractivity contribution < 1.29 is 4.79 Å². The van der Waals surface area contributed by atoms with Crippen LogP contribution in [0.5, 0.6) is 0 Å². The normalized spacial score (nSPS) is 12.7. The number of hydrogen-bond acceptors (Lipinski definition) is 1. The molecule has 2 N–H and O–H groups in total. The molecule has 0 radical (unpaired) electrons. The fourth-order valence-electron chi connectivity index (χ4n) is 1.98. The van der Waals surface area contributed by atoms with Gasteiger partial charge in [-0.2, -0.15) is 0 Å². The van der Waals surface area contributed by atoms with E-state index in [0.717, 1.165) is 18.7 Å². The van der Waals surface area contributed by atoms with Crippen molar-refractivity contribution in [3.63, 3.8) is 0 Å². The molecule has 0 saturated heterocycles. The van der Waals surface area contributed by atoms with Gasteiger partial charge >= 0.3 is 0 Å². The van der Waals surface area contributed by atoms with Gasteiger partial charge in [-0.05, 0) is 44.1 Å². The van der Waals surface area contributed by atoms with Gasteiger partial charge < -0.3 is 10.3 Å². The first-order chi connectivity index (χ1) is 9.12. The number of aryl methyl sites for hydroxylation is 1. The van der Waals surface area contributed by atoms with E-state index in [-0.39, 0.29) is 0 Å². The zero-order valence-corrected chi connectivity index (χ0v) is 11.9. The summed E-state index contributed by atoms with van der Waals surface area (Å²) in [7, 11) is 0. The highest BCUT2D eigenvalue weighted by Crippen LogP contribution is 2.15. The Morgan fingerprint density at radius 1 is 1.32 bits per heavy atom. The van der Waals surface area contributed by atoms with Crippen LogP contribution in [0.4, 0.5) is 0 Å². The molecule has 0 saturated carbocycles. The molecule has 1 rings (SSSR count). The van der Waals surface area contributed by atoms with Crippen molar-refractivity contribution in [1.82, 2.24) is 4.57 Å². The monoisotopic (exact) mass is 258 g/mol. The van der Waals surface area contributed by atoms with E-state index in [2.05, 4.69) is 29.7 Å². The fraction of sp³-hybridized carbons (Fsp3) is 0.312. The van der Waals surface area contributed by atoms with E-state index < -0.39 is 5.91 Å². The summed E-state index contributed by atoms with van der Waals surface area (Å²) in [5, 5.41) is 0. The van der Waals surface area contributed by atoms with Crippen LogP contribution in [0.25, 0.3) is 6.08 Å². The molecule has 0 atom stereocenters. The Bertz CT molecular complexity index is 519. The number of amides is 1. The molecule has 19 heavy (non-hydrogen) atoms. The summed E-state index contributed by atoms with van der Waals surface area (Å²) in [6.07, 6.45) is 10.4. The predicted molar refractivity (Wildman–Crippen MR) is 80.6 cm³/mol. The second-order valence-electron chi connectivity index (χ2n) is 4.29. The molecular weight excluding hydrogens is 236 g/mol. The number of nitrogens with zero attached hydrogens (tertiary/aromatic N) is 1. The topological polar surface area (TPSA) is 48.0 Å². The molecule has 0 bridgehead atoms. The molecule has 0 aliphatic carbocycles.